The number of urea groups is 1. The van der Waals surface area contributed by atoms with Crippen molar-refractivity contribution >= 4 is 11.8 Å². The molecule has 25 heavy (non-hydrogen) atoms. The zero-order valence-corrected chi connectivity index (χ0v) is 14.1. The second-order valence-corrected chi connectivity index (χ2v) is 5.45. The number of aryl methyl sites for hydroxylation is 1. The summed E-state index contributed by atoms with van der Waals surface area (Å²) in [5.74, 6) is 1.04. The van der Waals surface area contributed by atoms with Crippen LogP contribution in [0, 0.1) is 0 Å². The zero-order chi connectivity index (χ0) is 17.6. The van der Waals surface area contributed by atoms with Crippen molar-refractivity contribution in [1.29, 1.82) is 0 Å². The van der Waals surface area contributed by atoms with Crippen LogP contribution < -0.4 is 15.4 Å². The molecule has 128 valence electrons. The maximum atomic E-state index is 11.5. The summed E-state index contributed by atoms with van der Waals surface area (Å²) in [6.45, 7) is 0.414. The highest BCUT2D eigenvalue weighted by molar-refractivity contribution is 5.88. The predicted octanol–water partition coefficient (Wildman–Crippen LogP) is 2.81. The number of pyridine rings is 1. The number of hydrogen-bond acceptors (Lipinski definition) is 4. The van der Waals surface area contributed by atoms with Gasteiger partial charge in [0.05, 0.1) is 6.20 Å². The Morgan fingerprint density at radius 1 is 1.24 bits per heavy atom. The number of rotatable bonds is 5. The Morgan fingerprint density at radius 3 is 2.72 bits per heavy atom. The van der Waals surface area contributed by atoms with Crippen molar-refractivity contribution in [3.05, 3.63) is 60.6 Å². The standard InChI is InChI=1S/C18H19N5O2/c1-19-18(24)22-17-8-16(25-12-13-6-4-3-5-7-13)15(10-20-17)14-9-21-23(2)11-14/h3-11H,12H2,1-2H3,(H2,19,20,22,24). The van der Waals surface area contributed by atoms with Crippen molar-refractivity contribution in [3.63, 3.8) is 0 Å². The van der Waals surface area contributed by atoms with Gasteiger partial charge in [-0.2, -0.15) is 5.10 Å². The summed E-state index contributed by atoms with van der Waals surface area (Å²) in [4.78, 5) is 15.8. The molecule has 0 fully saturated rings. The molecule has 1 aromatic carbocycles. The molecule has 0 saturated carbocycles. The number of nitrogens with one attached hydrogen (secondary N) is 2. The summed E-state index contributed by atoms with van der Waals surface area (Å²) < 4.78 is 7.71. The Hall–Kier alpha value is -3.35. The summed E-state index contributed by atoms with van der Waals surface area (Å²) in [5, 5.41) is 9.34. The molecule has 3 rings (SSSR count). The minimum Gasteiger partial charge on any atom is -0.488 e. The second kappa shape index (κ2) is 7.48. The summed E-state index contributed by atoms with van der Waals surface area (Å²) in [7, 11) is 3.40. The van der Waals surface area contributed by atoms with E-state index in [2.05, 4.69) is 20.7 Å². The quantitative estimate of drug-likeness (QED) is 0.750. The topological polar surface area (TPSA) is 81.1 Å². The van der Waals surface area contributed by atoms with Crippen LogP contribution in [0.4, 0.5) is 10.6 Å². The van der Waals surface area contributed by atoms with Crippen molar-refractivity contribution in [2.24, 2.45) is 7.05 Å². The third-order valence-electron chi connectivity index (χ3n) is 3.59. The van der Waals surface area contributed by atoms with E-state index in [0.717, 1.165) is 16.7 Å². The molecular formula is C18H19N5O2. The first-order chi connectivity index (χ1) is 12.2. The highest BCUT2D eigenvalue weighted by Crippen LogP contribution is 2.31. The highest BCUT2D eigenvalue weighted by Gasteiger charge is 2.12. The number of anilines is 1. The molecule has 0 radical (unpaired) electrons. The Bertz CT molecular complexity index is 861. The number of amides is 2. The minimum atomic E-state index is -0.337. The number of benzene rings is 1. The lowest BCUT2D eigenvalue weighted by Gasteiger charge is -2.12. The summed E-state index contributed by atoms with van der Waals surface area (Å²) >= 11 is 0. The molecule has 2 heterocycles. The fourth-order valence-electron chi connectivity index (χ4n) is 2.32. The Morgan fingerprint density at radius 2 is 2.04 bits per heavy atom. The van der Waals surface area contributed by atoms with E-state index >= 15 is 0 Å². The number of hydrogen-bond donors (Lipinski definition) is 2. The molecular weight excluding hydrogens is 318 g/mol. The van der Waals surface area contributed by atoms with Gasteiger partial charge in [-0.3, -0.25) is 10.00 Å². The van der Waals surface area contributed by atoms with Crippen LogP contribution in [0.1, 0.15) is 5.56 Å². The molecule has 0 aliphatic rings. The maximum absolute atomic E-state index is 11.5. The van der Waals surface area contributed by atoms with Gasteiger partial charge in [0.2, 0.25) is 0 Å². The lowest BCUT2D eigenvalue weighted by atomic mass is 10.1. The third kappa shape index (κ3) is 4.14. The average Bonchev–Trinajstić information content (AvgIpc) is 3.07. The van der Waals surface area contributed by atoms with Crippen molar-refractivity contribution in [3.8, 4) is 16.9 Å². The van der Waals surface area contributed by atoms with Crippen molar-refractivity contribution < 1.29 is 9.53 Å². The molecule has 0 aliphatic carbocycles. The van der Waals surface area contributed by atoms with Gasteiger partial charge >= 0.3 is 6.03 Å². The van der Waals surface area contributed by atoms with E-state index in [1.165, 1.54) is 0 Å². The van der Waals surface area contributed by atoms with E-state index in [4.69, 9.17) is 4.74 Å². The molecule has 0 saturated heterocycles. The number of carbonyl (C=O) groups excluding carboxylic acids is 1. The van der Waals surface area contributed by atoms with Crippen LogP contribution in [-0.4, -0.2) is 27.8 Å². The van der Waals surface area contributed by atoms with E-state index in [0.29, 0.717) is 18.2 Å². The molecule has 3 aromatic rings. The molecule has 2 amide bonds. The van der Waals surface area contributed by atoms with E-state index in [9.17, 15) is 4.79 Å². The molecule has 7 heteroatoms. The van der Waals surface area contributed by atoms with Crippen LogP contribution in [0.25, 0.3) is 11.1 Å². The zero-order valence-electron chi connectivity index (χ0n) is 14.1. The van der Waals surface area contributed by atoms with Gasteiger partial charge in [-0.15, -0.1) is 0 Å². The van der Waals surface area contributed by atoms with Crippen LogP contribution in [0.5, 0.6) is 5.75 Å². The van der Waals surface area contributed by atoms with Gasteiger partial charge in [0, 0.05) is 43.7 Å². The number of ether oxygens (including phenoxy) is 1. The van der Waals surface area contributed by atoms with E-state index in [1.807, 2.05) is 43.6 Å². The van der Waals surface area contributed by atoms with Crippen molar-refractivity contribution in [2.75, 3.05) is 12.4 Å². The van der Waals surface area contributed by atoms with Gasteiger partial charge in [0.15, 0.2) is 0 Å². The normalized spacial score (nSPS) is 10.3. The number of nitrogens with zero attached hydrogens (tertiary/aromatic N) is 3. The lowest BCUT2D eigenvalue weighted by Crippen LogP contribution is -2.24. The minimum absolute atomic E-state index is 0.337. The van der Waals surface area contributed by atoms with Crippen molar-refractivity contribution in [2.45, 2.75) is 6.61 Å². The Balaban J connectivity index is 1.89. The molecule has 0 unspecified atom stereocenters. The Kier molecular flexibility index (Phi) is 4.94. The van der Waals surface area contributed by atoms with Crippen molar-refractivity contribution in [1.82, 2.24) is 20.1 Å². The highest BCUT2D eigenvalue weighted by atomic mass is 16.5. The van der Waals surface area contributed by atoms with Gasteiger partial charge < -0.3 is 10.1 Å². The fourth-order valence-corrected chi connectivity index (χ4v) is 2.32. The van der Waals surface area contributed by atoms with Gasteiger partial charge in [-0.25, -0.2) is 9.78 Å². The smallest absolute Gasteiger partial charge is 0.320 e. The van der Waals surface area contributed by atoms with Gasteiger partial charge in [0.1, 0.15) is 18.2 Å². The summed E-state index contributed by atoms with van der Waals surface area (Å²) in [6.07, 6.45) is 5.30. The first kappa shape index (κ1) is 16.5. The molecule has 0 spiro atoms. The lowest BCUT2D eigenvalue weighted by molar-refractivity contribution is 0.254. The summed E-state index contributed by atoms with van der Waals surface area (Å²) in [6, 6.07) is 11.2. The first-order valence-corrected chi connectivity index (χ1v) is 7.80. The number of aromatic nitrogens is 3. The van der Waals surface area contributed by atoms with Gasteiger partial charge in [0.25, 0.3) is 0 Å². The molecule has 2 N–H and O–H groups in total. The van der Waals surface area contributed by atoms with E-state index in [1.54, 1.807) is 30.2 Å². The van der Waals surface area contributed by atoms with Gasteiger partial charge in [-0.1, -0.05) is 30.3 Å². The van der Waals surface area contributed by atoms with Gasteiger partial charge in [-0.05, 0) is 5.56 Å². The van der Waals surface area contributed by atoms with E-state index in [-0.39, 0.29) is 6.03 Å². The van der Waals surface area contributed by atoms with Crippen LogP contribution >= 0.6 is 0 Å². The monoisotopic (exact) mass is 337 g/mol. The molecule has 7 nitrogen and oxygen atoms in total. The maximum Gasteiger partial charge on any atom is 0.320 e. The molecule has 0 bridgehead atoms. The SMILES string of the molecule is CNC(=O)Nc1cc(OCc2ccccc2)c(-c2cnn(C)c2)cn1. The van der Waals surface area contributed by atoms with Crippen LogP contribution in [0.15, 0.2) is 55.0 Å². The Labute approximate surface area is 145 Å². The predicted molar refractivity (Wildman–Crippen MR) is 95.3 cm³/mol. The third-order valence-corrected chi connectivity index (χ3v) is 3.59. The summed E-state index contributed by atoms with van der Waals surface area (Å²) in [5.41, 5.74) is 2.76. The molecule has 0 aliphatic heterocycles. The molecule has 2 aromatic heterocycles. The average molecular weight is 337 g/mol. The first-order valence-electron chi connectivity index (χ1n) is 7.80. The van der Waals surface area contributed by atoms with Crippen LogP contribution in [-0.2, 0) is 13.7 Å². The van der Waals surface area contributed by atoms with E-state index < -0.39 is 0 Å². The molecule has 0 atom stereocenters. The van der Waals surface area contributed by atoms with Crippen LogP contribution in [0.3, 0.4) is 0 Å². The van der Waals surface area contributed by atoms with Crippen LogP contribution in [0.2, 0.25) is 0 Å². The number of carbonyl (C=O) groups is 1. The fraction of sp³-hybridized carbons (Fsp3) is 0.167. The second-order valence-electron chi connectivity index (χ2n) is 5.45. The largest absolute Gasteiger partial charge is 0.488 e.